The fourth-order valence-corrected chi connectivity index (χ4v) is 1.71. The van der Waals surface area contributed by atoms with Crippen LogP contribution in [0.25, 0.3) is 0 Å². The topological polar surface area (TPSA) is 138 Å². The highest BCUT2D eigenvalue weighted by atomic mass is 35.5. The third-order valence-corrected chi connectivity index (χ3v) is 2.76. The molecule has 9 nitrogen and oxygen atoms in total. The average Bonchev–Trinajstić information content (AvgIpc) is 2.38. The van der Waals surface area contributed by atoms with Gasteiger partial charge in [-0.3, -0.25) is 20.2 Å². The highest BCUT2D eigenvalue weighted by Gasteiger charge is 2.12. The van der Waals surface area contributed by atoms with Gasteiger partial charge in [0, 0.05) is 12.1 Å². The standard InChI is InChI=1S/C5H2Cl2N2O2.C5H4ClN3O2/c2*6-4-2-1-3(9(10)11)5(7)8-4/h1-2H;1-2H,(H2,7,8). The van der Waals surface area contributed by atoms with E-state index in [-0.39, 0.29) is 32.7 Å². The molecule has 116 valence electrons. The van der Waals surface area contributed by atoms with Crippen molar-refractivity contribution in [1.82, 2.24) is 9.97 Å². The summed E-state index contributed by atoms with van der Waals surface area (Å²) in [5, 5.41) is 20.4. The molecule has 0 aliphatic carbocycles. The SMILES string of the molecule is Nc1nc(Cl)ccc1[N+](=O)[O-].O=[N+]([O-])c1ccc(Cl)nc1Cl. The average molecular weight is 367 g/mol. The zero-order valence-corrected chi connectivity index (χ0v) is 12.7. The highest BCUT2D eigenvalue weighted by Crippen LogP contribution is 2.23. The van der Waals surface area contributed by atoms with E-state index in [1.807, 2.05) is 0 Å². The number of aromatic nitrogens is 2. The molecule has 12 heteroatoms. The summed E-state index contributed by atoms with van der Waals surface area (Å²) in [7, 11) is 0. The monoisotopic (exact) mass is 365 g/mol. The van der Waals surface area contributed by atoms with Gasteiger partial charge in [-0.15, -0.1) is 0 Å². The quantitative estimate of drug-likeness (QED) is 0.487. The summed E-state index contributed by atoms with van der Waals surface area (Å²) in [6.07, 6.45) is 0. The first kappa shape index (κ1) is 17.8. The maximum atomic E-state index is 10.2. The van der Waals surface area contributed by atoms with E-state index in [1.54, 1.807) is 0 Å². The van der Waals surface area contributed by atoms with Crippen molar-refractivity contribution in [3.05, 3.63) is 60.0 Å². The maximum absolute atomic E-state index is 10.2. The molecule has 0 aliphatic rings. The van der Waals surface area contributed by atoms with Gasteiger partial charge in [0.2, 0.25) is 11.0 Å². The number of rotatable bonds is 2. The predicted molar refractivity (Wildman–Crippen MR) is 81.2 cm³/mol. The van der Waals surface area contributed by atoms with Crippen LogP contribution in [0.2, 0.25) is 15.5 Å². The minimum absolute atomic E-state index is 0.139. The van der Waals surface area contributed by atoms with Gasteiger partial charge in [-0.1, -0.05) is 34.8 Å². The summed E-state index contributed by atoms with van der Waals surface area (Å²) >= 11 is 16.2. The summed E-state index contributed by atoms with van der Waals surface area (Å²) in [6.45, 7) is 0. The smallest absolute Gasteiger partial charge is 0.311 e. The van der Waals surface area contributed by atoms with E-state index in [1.165, 1.54) is 24.3 Å². The Morgan fingerprint density at radius 1 is 0.864 bits per heavy atom. The van der Waals surface area contributed by atoms with Crippen molar-refractivity contribution in [2.24, 2.45) is 0 Å². The Hall–Kier alpha value is -2.23. The minimum atomic E-state index is -0.619. The molecule has 2 heterocycles. The van der Waals surface area contributed by atoms with Gasteiger partial charge >= 0.3 is 11.4 Å². The Bertz CT molecular complexity index is 666. The van der Waals surface area contributed by atoms with Gasteiger partial charge < -0.3 is 5.73 Å². The van der Waals surface area contributed by atoms with Gasteiger partial charge in [0.25, 0.3) is 0 Å². The first-order valence-electron chi connectivity index (χ1n) is 5.25. The molecule has 0 fully saturated rings. The Kier molecular flexibility index (Phi) is 6.23. The molecular weight excluding hydrogens is 360 g/mol. The van der Waals surface area contributed by atoms with Gasteiger partial charge in [0.1, 0.15) is 10.3 Å². The molecule has 0 atom stereocenters. The molecule has 2 aromatic rings. The number of hydrogen-bond acceptors (Lipinski definition) is 7. The zero-order chi connectivity index (χ0) is 16.9. The third-order valence-electron chi connectivity index (χ3n) is 2.06. The molecule has 2 N–H and O–H groups in total. The van der Waals surface area contributed by atoms with Gasteiger partial charge in [-0.05, 0) is 12.1 Å². The van der Waals surface area contributed by atoms with Crippen molar-refractivity contribution in [2.75, 3.05) is 5.73 Å². The zero-order valence-electron chi connectivity index (χ0n) is 10.4. The first-order chi connectivity index (χ1) is 10.2. The lowest BCUT2D eigenvalue weighted by atomic mass is 10.4. The van der Waals surface area contributed by atoms with Crippen molar-refractivity contribution in [3.8, 4) is 0 Å². The lowest BCUT2D eigenvalue weighted by Gasteiger charge is -1.94. The number of pyridine rings is 2. The number of anilines is 1. The van der Waals surface area contributed by atoms with E-state index in [0.717, 1.165) is 0 Å². The van der Waals surface area contributed by atoms with Crippen LogP contribution < -0.4 is 5.73 Å². The van der Waals surface area contributed by atoms with Crippen LogP contribution >= 0.6 is 34.8 Å². The van der Waals surface area contributed by atoms with Crippen molar-refractivity contribution >= 4 is 52.0 Å². The minimum Gasteiger partial charge on any atom is -0.378 e. The summed E-state index contributed by atoms with van der Waals surface area (Å²) in [6, 6.07) is 5.05. The molecule has 2 aromatic heterocycles. The molecule has 22 heavy (non-hydrogen) atoms. The fourth-order valence-electron chi connectivity index (χ4n) is 1.14. The molecule has 0 spiro atoms. The van der Waals surface area contributed by atoms with Crippen LogP contribution in [-0.2, 0) is 0 Å². The molecule has 0 saturated heterocycles. The second kappa shape index (κ2) is 7.69. The molecule has 0 saturated carbocycles. The van der Waals surface area contributed by atoms with Crippen LogP contribution in [0.1, 0.15) is 0 Å². The summed E-state index contributed by atoms with van der Waals surface area (Å²) in [5.74, 6) is -0.164. The van der Waals surface area contributed by atoms with Crippen LogP contribution in [0.3, 0.4) is 0 Å². The van der Waals surface area contributed by atoms with Crippen LogP contribution in [0.5, 0.6) is 0 Å². The molecule has 0 amide bonds. The molecule has 2 rings (SSSR count). The third kappa shape index (κ3) is 4.95. The second-order valence-corrected chi connectivity index (χ2v) is 4.63. The van der Waals surface area contributed by atoms with Gasteiger partial charge in [0.15, 0.2) is 0 Å². The molecule has 0 aliphatic heterocycles. The van der Waals surface area contributed by atoms with E-state index in [0.29, 0.717) is 0 Å². The predicted octanol–water partition coefficient (Wildman–Crippen LogP) is 3.52. The molecule has 0 unspecified atom stereocenters. The van der Waals surface area contributed by atoms with Crippen LogP contribution in [-0.4, -0.2) is 19.8 Å². The number of hydrogen-bond donors (Lipinski definition) is 1. The number of nitro groups is 2. The number of nitrogen functional groups attached to an aromatic ring is 1. The maximum Gasteiger partial charge on any atom is 0.311 e. The Balaban J connectivity index is 0.000000220. The lowest BCUT2D eigenvalue weighted by Crippen LogP contribution is -1.97. The summed E-state index contributed by atoms with van der Waals surface area (Å²) in [5.41, 5.74) is 4.72. The van der Waals surface area contributed by atoms with E-state index in [4.69, 9.17) is 40.5 Å². The number of halogens is 3. The summed E-state index contributed by atoms with van der Waals surface area (Å²) in [4.78, 5) is 26.1. The van der Waals surface area contributed by atoms with Crippen LogP contribution in [0, 0.1) is 20.2 Å². The normalized spacial score (nSPS) is 9.59. The van der Waals surface area contributed by atoms with Crippen molar-refractivity contribution in [3.63, 3.8) is 0 Å². The van der Waals surface area contributed by atoms with E-state index in [9.17, 15) is 20.2 Å². The fraction of sp³-hybridized carbons (Fsp3) is 0. The molecule has 0 bridgehead atoms. The van der Waals surface area contributed by atoms with E-state index < -0.39 is 9.85 Å². The van der Waals surface area contributed by atoms with Crippen LogP contribution in [0.15, 0.2) is 24.3 Å². The summed E-state index contributed by atoms with van der Waals surface area (Å²) < 4.78 is 0. The molecule has 0 aromatic carbocycles. The second-order valence-electron chi connectivity index (χ2n) is 3.50. The van der Waals surface area contributed by atoms with Gasteiger partial charge in [-0.2, -0.15) is 0 Å². The van der Waals surface area contributed by atoms with Crippen molar-refractivity contribution in [2.45, 2.75) is 0 Å². The number of nitrogens with zero attached hydrogens (tertiary/aromatic N) is 4. The van der Waals surface area contributed by atoms with Gasteiger partial charge in [-0.25, -0.2) is 9.97 Å². The molecule has 0 radical (unpaired) electrons. The largest absolute Gasteiger partial charge is 0.378 e. The van der Waals surface area contributed by atoms with E-state index in [2.05, 4.69) is 9.97 Å². The van der Waals surface area contributed by atoms with E-state index >= 15 is 0 Å². The Morgan fingerprint density at radius 2 is 1.32 bits per heavy atom. The van der Waals surface area contributed by atoms with Crippen molar-refractivity contribution in [1.29, 1.82) is 0 Å². The Labute approximate surface area is 137 Å². The van der Waals surface area contributed by atoms with Crippen LogP contribution in [0.4, 0.5) is 17.2 Å². The van der Waals surface area contributed by atoms with Gasteiger partial charge in [0.05, 0.1) is 9.85 Å². The first-order valence-corrected chi connectivity index (χ1v) is 6.38. The highest BCUT2D eigenvalue weighted by molar-refractivity contribution is 6.33. The Morgan fingerprint density at radius 3 is 1.73 bits per heavy atom. The number of nitrogens with two attached hydrogens (primary N) is 1. The van der Waals surface area contributed by atoms with Crippen molar-refractivity contribution < 1.29 is 9.85 Å². The molecular formula is C10H6Cl3N5O4. The lowest BCUT2D eigenvalue weighted by molar-refractivity contribution is -0.385.